The molecule has 128 valence electrons. The van der Waals surface area contributed by atoms with Crippen LogP contribution in [0.4, 0.5) is 4.79 Å². The third-order valence-electron chi connectivity index (χ3n) is 3.06. The molecule has 1 aromatic rings. The van der Waals surface area contributed by atoms with E-state index in [4.69, 9.17) is 14.2 Å². The minimum Gasteiger partial charge on any atom is -0.497 e. The van der Waals surface area contributed by atoms with Gasteiger partial charge in [-0.05, 0) is 51.3 Å². The lowest BCUT2D eigenvalue weighted by molar-refractivity contribution is -0.143. The highest BCUT2D eigenvalue weighted by Crippen LogP contribution is 2.14. The van der Waals surface area contributed by atoms with Gasteiger partial charge in [0.05, 0.1) is 14.2 Å². The van der Waals surface area contributed by atoms with Crippen molar-refractivity contribution < 1.29 is 23.8 Å². The van der Waals surface area contributed by atoms with Gasteiger partial charge in [-0.25, -0.2) is 9.59 Å². The van der Waals surface area contributed by atoms with Gasteiger partial charge in [-0.15, -0.1) is 0 Å². The molecule has 1 rings (SSSR count). The van der Waals surface area contributed by atoms with Crippen molar-refractivity contribution in [2.75, 3.05) is 14.2 Å². The molecule has 0 saturated heterocycles. The van der Waals surface area contributed by atoms with E-state index in [-0.39, 0.29) is 0 Å². The third kappa shape index (κ3) is 7.04. The quantitative estimate of drug-likeness (QED) is 0.815. The predicted octanol–water partition coefficient (Wildman–Crippen LogP) is 2.69. The number of carbonyl (C=O) groups excluding carboxylic acids is 2. The number of rotatable bonds is 6. The Kier molecular flexibility index (Phi) is 6.88. The van der Waals surface area contributed by atoms with Crippen molar-refractivity contribution in [2.45, 2.75) is 45.3 Å². The highest BCUT2D eigenvalue weighted by atomic mass is 16.6. The van der Waals surface area contributed by atoms with Crippen LogP contribution in [0.2, 0.25) is 0 Å². The van der Waals surface area contributed by atoms with Gasteiger partial charge < -0.3 is 19.5 Å². The molecule has 0 saturated carbocycles. The van der Waals surface area contributed by atoms with Crippen LogP contribution in [0.5, 0.6) is 5.75 Å². The lowest BCUT2D eigenvalue weighted by Gasteiger charge is -2.22. The molecule has 0 fully saturated rings. The zero-order valence-corrected chi connectivity index (χ0v) is 14.3. The zero-order valence-electron chi connectivity index (χ0n) is 14.3. The summed E-state index contributed by atoms with van der Waals surface area (Å²) < 4.78 is 15.0. The maximum atomic E-state index is 11.8. The topological polar surface area (TPSA) is 73.9 Å². The summed E-state index contributed by atoms with van der Waals surface area (Å²) in [6.07, 6.45) is 0.389. The van der Waals surface area contributed by atoms with Gasteiger partial charge in [-0.1, -0.05) is 12.1 Å². The van der Waals surface area contributed by atoms with Crippen molar-refractivity contribution in [1.29, 1.82) is 0 Å². The number of aryl methyl sites for hydroxylation is 1. The van der Waals surface area contributed by atoms with E-state index < -0.39 is 23.7 Å². The standard InChI is InChI=1S/C17H25NO5/c1-17(2,3)23-16(20)18-14(15(19)22-5)11-8-12-6-9-13(21-4)10-7-12/h6-7,9-10,14H,8,11H2,1-5H3,(H,18,20)/t14-/m1/s1. The Morgan fingerprint density at radius 2 is 1.74 bits per heavy atom. The van der Waals surface area contributed by atoms with Gasteiger partial charge in [0.15, 0.2) is 0 Å². The van der Waals surface area contributed by atoms with Crippen molar-refractivity contribution in [3.8, 4) is 5.75 Å². The van der Waals surface area contributed by atoms with Crippen LogP contribution in [0.3, 0.4) is 0 Å². The molecule has 0 aliphatic heterocycles. The maximum Gasteiger partial charge on any atom is 0.408 e. The minimum atomic E-state index is -0.753. The summed E-state index contributed by atoms with van der Waals surface area (Å²) in [4.78, 5) is 23.6. The number of nitrogens with one attached hydrogen (secondary N) is 1. The van der Waals surface area contributed by atoms with Crippen LogP contribution in [0.25, 0.3) is 0 Å². The van der Waals surface area contributed by atoms with Gasteiger partial charge in [0, 0.05) is 0 Å². The smallest absolute Gasteiger partial charge is 0.408 e. The first-order chi connectivity index (χ1) is 10.7. The highest BCUT2D eigenvalue weighted by molar-refractivity contribution is 5.81. The van der Waals surface area contributed by atoms with Gasteiger partial charge in [0.2, 0.25) is 0 Å². The molecule has 1 N–H and O–H groups in total. The molecule has 0 radical (unpaired) electrons. The Bertz CT molecular complexity index is 519. The fraction of sp³-hybridized carbons (Fsp3) is 0.529. The number of carbonyl (C=O) groups is 2. The number of ether oxygens (including phenoxy) is 3. The minimum absolute atomic E-state index is 0.415. The summed E-state index contributed by atoms with van der Waals surface area (Å²) in [6.45, 7) is 5.28. The molecule has 0 aromatic heterocycles. The molecule has 0 heterocycles. The van der Waals surface area contributed by atoms with Crippen LogP contribution in [-0.4, -0.2) is 37.9 Å². The molecule has 6 nitrogen and oxygen atoms in total. The number of esters is 1. The van der Waals surface area contributed by atoms with Crippen molar-refractivity contribution in [1.82, 2.24) is 5.32 Å². The third-order valence-corrected chi connectivity index (χ3v) is 3.06. The molecule has 0 bridgehead atoms. The Balaban J connectivity index is 2.63. The Hall–Kier alpha value is -2.24. The number of hydrogen-bond donors (Lipinski definition) is 1. The number of methoxy groups -OCH3 is 2. The highest BCUT2D eigenvalue weighted by Gasteiger charge is 2.24. The number of hydrogen-bond acceptors (Lipinski definition) is 5. The Morgan fingerprint density at radius 3 is 2.22 bits per heavy atom. The Labute approximate surface area is 137 Å². The van der Waals surface area contributed by atoms with E-state index in [0.29, 0.717) is 12.8 Å². The molecule has 0 aliphatic rings. The summed E-state index contributed by atoms with van der Waals surface area (Å²) in [7, 11) is 2.90. The average Bonchev–Trinajstić information content (AvgIpc) is 2.49. The van der Waals surface area contributed by atoms with E-state index >= 15 is 0 Å². The molecule has 6 heteroatoms. The SMILES string of the molecule is COC(=O)[C@@H](CCc1ccc(OC)cc1)NC(=O)OC(C)(C)C. The van der Waals surface area contributed by atoms with Gasteiger partial charge in [-0.3, -0.25) is 0 Å². The van der Waals surface area contributed by atoms with Crippen molar-refractivity contribution >= 4 is 12.1 Å². The summed E-state index contributed by atoms with van der Waals surface area (Å²) in [6, 6.07) is 6.78. The summed E-state index contributed by atoms with van der Waals surface area (Å²) in [5, 5.41) is 2.56. The van der Waals surface area contributed by atoms with Crippen molar-refractivity contribution in [3.05, 3.63) is 29.8 Å². The second-order valence-corrected chi connectivity index (χ2v) is 6.11. The van der Waals surface area contributed by atoms with E-state index in [1.807, 2.05) is 24.3 Å². The maximum absolute atomic E-state index is 11.8. The lowest BCUT2D eigenvalue weighted by atomic mass is 10.1. The number of amides is 1. The van der Waals surface area contributed by atoms with Crippen molar-refractivity contribution in [2.24, 2.45) is 0 Å². The molecular weight excluding hydrogens is 298 g/mol. The lowest BCUT2D eigenvalue weighted by Crippen LogP contribution is -2.44. The van der Waals surface area contributed by atoms with E-state index in [9.17, 15) is 9.59 Å². The van der Waals surface area contributed by atoms with Gasteiger partial charge in [0.25, 0.3) is 0 Å². The van der Waals surface area contributed by atoms with Crippen molar-refractivity contribution in [3.63, 3.8) is 0 Å². The van der Waals surface area contributed by atoms with E-state index in [1.165, 1.54) is 7.11 Å². The van der Waals surface area contributed by atoms with Gasteiger partial charge in [-0.2, -0.15) is 0 Å². The van der Waals surface area contributed by atoms with Crippen LogP contribution in [0.1, 0.15) is 32.8 Å². The molecule has 1 atom stereocenters. The normalized spacial score (nSPS) is 12.2. The first-order valence-electron chi connectivity index (χ1n) is 7.45. The summed E-state index contributed by atoms with van der Waals surface area (Å²) >= 11 is 0. The van der Waals surface area contributed by atoms with Crippen LogP contribution in [0.15, 0.2) is 24.3 Å². The number of benzene rings is 1. The van der Waals surface area contributed by atoms with E-state index in [0.717, 1.165) is 11.3 Å². The van der Waals surface area contributed by atoms with Crippen LogP contribution >= 0.6 is 0 Å². The fourth-order valence-electron chi connectivity index (χ4n) is 1.94. The van der Waals surface area contributed by atoms with Gasteiger partial charge >= 0.3 is 12.1 Å². The van der Waals surface area contributed by atoms with Gasteiger partial charge in [0.1, 0.15) is 17.4 Å². The molecule has 23 heavy (non-hydrogen) atoms. The molecule has 0 unspecified atom stereocenters. The number of alkyl carbamates (subject to hydrolysis) is 1. The predicted molar refractivity (Wildman–Crippen MR) is 86.5 cm³/mol. The van der Waals surface area contributed by atoms with Crippen LogP contribution in [0, 0.1) is 0 Å². The average molecular weight is 323 g/mol. The van der Waals surface area contributed by atoms with E-state index in [1.54, 1.807) is 27.9 Å². The van der Waals surface area contributed by atoms with Crippen LogP contribution in [-0.2, 0) is 20.7 Å². The molecule has 1 aromatic carbocycles. The second-order valence-electron chi connectivity index (χ2n) is 6.11. The summed E-state index contributed by atoms with van der Waals surface area (Å²) in [5.41, 5.74) is 0.409. The molecule has 0 aliphatic carbocycles. The zero-order chi connectivity index (χ0) is 17.5. The van der Waals surface area contributed by atoms with E-state index in [2.05, 4.69) is 5.32 Å². The molecular formula is C17H25NO5. The Morgan fingerprint density at radius 1 is 1.13 bits per heavy atom. The molecule has 1 amide bonds. The second kappa shape index (κ2) is 8.41. The largest absolute Gasteiger partial charge is 0.497 e. The monoisotopic (exact) mass is 323 g/mol. The first-order valence-corrected chi connectivity index (χ1v) is 7.45. The van der Waals surface area contributed by atoms with Crippen LogP contribution < -0.4 is 10.1 Å². The molecule has 0 spiro atoms. The fourth-order valence-corrected chi connectivity index (χ4v) is 1.94. The first kappa shape index (κ1) is 18.8. The summed E-state index contributed by atoms with van der Waals surface area (Å²) in [5.74, 6) is 0.273.